The Morgan fingerprint density at radius 1 is 1.28 bits per heavy atom. The van der Waals surface area contributed by atoms with Crippen LogP contribution in [0.1, 0.15) is 0 Å². The van der Waals surface area contributed by atoms with E-state index in [4.69, 9.17) is 0 Å². The number of likely N-dealkylation sites (N-methyl/N-ethyl adjacent to an activating group) is 1. The van der Waals surface area contributed by atoms with Crippen LogP contribution in [0.2, 0.25) is 0 Å². The molecule has 25 heavy (non-hydrogen) atoms. The summed E-state index contributed by atoms with van der Waals surface area (Å²) in [5.41, 5.74) is 3.43. The van der Waals surface area contributed by atoms with E-state index < -0.39 is 15.9 Å². The molecule has 1 N–H and O–H groups in total. The molecule has 0 aliphatic rings. The lowest BCUT2D eigenvalue weighted by molar-refractivity contribution is -0.121. The van der Waals surface area contributed by atoms with Crippen LogP contribution in [0, 0.1) is 0 Å². The van der Waals surface area contributed by atoms with E-state index in [-0.39, 0.29) is 10.8 Å². The summed E-state index contributed by atoms with van der Waals surface area (Å²) in [5, 5.41) is 5.78. The normalized spacial score (nSPS) is 12.8. The summed E-state index contributed by atoms with van der Waals surface area (Å²) in [4.78, 5) is 12.7. The summed E-state index contributed by atoms with van der Waals surface area (Å²) in [6, 6.07) is 11.0. The zero-order valence-electron chi connectivity index (χ0n) is 13.5. The highest BCUT2D eigenvalue weighted by Gasteiger charge is 2.23. The Balaban J connectivity index is 1.73. The molecule has 0 saturated heterocycles. The third-order valence-corrected chi connectivity index (χ3v) is 7.81. The number of para-hydroxylation sites is 1. The molecule has 3 aromatic rings. The van der Waals surface area contributed by atoms with E-state index >= 15 is 0 Å². The predicted molar refractivity (Wildman–Crippen MR) is 98.6 cm³/mol. The molecule has 0 unspecified atom stereocenters. The van der Waals surface area contributed by atoms with E-state index in [9.17, 15) is 13.2 Å². The highest BCUT2D eigenvalue weighted by Crippen LogP contribution is 2.19. The fourth-order valence-electron chi connectivity index (χ4n) is 2.18. The van der Waals surface area contributed by atoms with Gasteiger partial charge in [0.1, 0.15) is 4.21 Å². The molecule has 3 rings (SSSR count). The number of nitrogens with zero attached hydrogens (tertiary/aromatic N) is 3. The highest BCUT2D eigenvalue weighted by atomic mass is 32.2. The Morgan fingerprint density at radius 3 is 2.72 bits per heavy atom. The maximum absolute atomic E-state index is 12.3. The third-order valence-electron chi connectivity index (χ3n) is 3.52. The van der Waals surface area contributed by atoms with Crippen molar-refractivity contribution < 1.29 is 13.2 Å². The Kier molecular flexibility index (Phi) is 5.04. The number of carbonyl (C=O) groups excluding carboxylic acids is 1. The molecule has 0 aliphatic heterocycles. The van der Waals surface area contributed by atoms with E-state index in [2.05, 4.69) is 10.5 Å². The number of amides is 1. The highest BCUT2D eigenvalue weighted by molar-refractivity contribution is 7.91. The van der Waals surface area contributed by atoms with Gasteiger partial charge in [-0.1, -0.05) is 29.5 Å². The van der Waals surface area contributed by atoms with E-state index in [1.165, 1.54) is 24.5 Å². The average molecular weight is 397 g/mol. The topological polar surface area (TPSA) is 83.8 Å². The molecule has 0 fully saturated rings. The van der Waals surface area contributed by atoms with E-state index in [1.54, 1.807) is 11.4 Å². The molecule has 7 nitrogen and oxygen atoms in total. The lowest BCUT2D eigenvalue weighted by Crippen LogP contribution is -2.37. The number of nitrogens with one attached hydrogen (secondary N) is 1. The van der Waals surface area contributed by atoms with Gasteiger partial charge in [0, 0.05) is 14.1 Å². The molecule has 0 aliphatic carbocycles. The minimum absolute atomic E-state index is 0.204. The van der Waals surface area contributed by atoms with Gasteiger partial charge in [0.15, 0.2) is 0 Å². The largest absolute Gasteiger partial charge is 0.318 e. The first-order valence-electron chi connectivity index (χ1n) is 7.26. The molecule has 0 saturated carbocycles. The minimum atomic E-state index is -3.66. The SMILES string of the molecule is CN(CC(=O)N/N=c1\sc2ccccc2n1C)S(=O)(=O)c1cccs1. The monoisotopic (exact) mass is 396 g/mol. The number of thiazole rings is 1. The van der Waals surface area contributed by atoms with Crippen molar-refractivity contribution in [1.82, 2.24) is 14.3 Å². The molecule has 10 heteroatoms. The molecule has 0 spiro atoms. The van der Waals surface area contributed by atoms with Gasteiger partial charge in [-0.2, -0.15) is 4.31 Å². The molecule has 1 aromatic carbocycles. The molecular weight excluding hydrogens is 380 g/mol. The summed E-state index contributed by atoms with van der Waals surface area (Å²) in [6.07, 6.45) is 0. The molecular formula is C15H16N4O3S3. The van der Waals surface area contributed by atoms with Gasteiger partial charge in [0.05, 0.1) is 16.8 Å². The van der Waals surface area contributed by atoms with Gasteiger partial charge in [-0.25, -0.2) is 13.8 Å². The van der Waals surface area contributed by atoms with E-state index in [0.717, 1.165) is 25.9 Å². The van der Waals surface area contributed by atoms with Crippen molar-refractivity contribution in [2.45, 2.75) is 4.21 Å². The van der Waals surface area contributed by atoms with Gasteiger partial charge < -0.3 is 4.57 Å². The lowest BCUT2D eigenvalue weighted by atomic mass is 10.3. The minimum Gasteiger partial charge on any atom is -0.318 e. The van der Waals surface area contributed by atoms with Crippen molar-refractivity contribution in [2.75, 3.05) is 13.6 Å². The third kappa shape index (κ3) is 3.66. The Hall–Kier alpha value is -2.01. The van der Waals surface area contributed by atoms with Crippen LogP contribution in [0.3, 0.4) is 0 Å². The number of sulfonamides is 1. The van der Waals surface area contributed by atoms with Gasteiger partial charge in [-0.15, -0.1) is 16.4 Å². The Bertz CT molecular complexity index is 1070. The maximum atomic E-state index is 12.3. The fourth-order valence-corrected chi connectivity index (χ4v) is 5.49. The van der Waals surface area contributed by atoms with Gasteiger partial charge in [0.2, 0.25) is 4.80 Å². The second kappa shape index (κ2) is 7.08. The van der Waals surface area contributed by atoms with Crippen LogP contribution in [0.25, 0.3) is 10.2 Å². The summed E-state index contributed by atoms with van der Waals surface area (Å²) >= 11 is 2.55. The number of hydrogen-bond donors (Lipinski definition) is 1. The summed E-state index contributed by atoms with van der Waals surface area (Å²) in [6.45, 7) is -0.307. The van der Waals surface area contributed by atoms with Crippen LogP contribution in [0.15, 0.2) is 51.1 Å². The van der Waals surface area contributed by atoms with Crippen molar-refractivity contribution in [2.24, 2.45) is 12.1 Å². The Labute approximate surface area is 152 Å². The van der Waals surface area contributed by atoms with Crippen LogP contribution in [-0.2, 0) is 21.9 Å². The van der Waals surface area contributed by atoms with Crippen LogP contribution < -0.4 is 10.2 Å². The van der Waals surface area contributed by atoms with E-state index in [0.29, 0.717) is 4.80 Å². The fraction of sp³-hybridized carbons (Fsp3) is 0.200. The first-order chi connectivity index (χ1) is 11.9. The number of benzene rings is 1. The number of carbonyl (C=O) groups is 1. The second-order valence-electron chi connectivity index (χ2n) is 5.25. The predicted octanol–water partition coefficient (Wildman–Crippen LogP) is 1.55. The molecule has 1 amide bonds. The zero-order chi connectivity index (χ0) is 18.0. The van der Waals surface area contributed by atoms with Crippen molar-refractivity contribution in [3.05, 3.63) is 46.6 Å². The van der Waals surface area contributed by atoms with Crippen molar-refractivity contribution in [1.29, 1.82) is 0 Å². The average Bonchev–Trinajstić information content (AvgIpc) is 3.22. The van der Waals surface area contributed by atoms with Crippen molar-refractivity contribution >= 4 is 48.8 Å². The summed E-state index contributed by atoms with van der Waals surface area (Å²) in [7, 11) is -0.428. The maximum Gasteiger partial charge on any atom is 0.255 e. The molecule has 2 aromatic heterocycles. The van der Waals surface area contributed by atoms with Gasteiger partial charge in [-0.05, 0) is 23.6 Å². The first-order valence-corrected chi connectivity index (χ1v) is 10.4. The van der Waals surface area contributed by atoms with Crippen LogP contribution in [0.5, 0.6) is 0 Å². The van der Waals surface area contributed by atoms with Crippen molar-refractivity contribution in [3.8, 4) is 0 Å². The van der Waals surface area contributed by atoms with Crippen LogP contribution in [0.4, 0.5) is 0 Å². The molecule has 2 heterocycles. The second-order valence-corrected chi connectivity index (χ2v) is 9.48. The number of rotatable bonds is 5. The number of fused-ring (bicyclic) bond motifs is 1. The van der Waals surface area contributed by atoms with Crippen LogP contribution >= 0.6 is 22.7 Å². The molecule has 132 valence electrons. The summed E-state index contributed by atoms with van der Waals surface area (Å²) in [5.74, 6) is -0.500. The number of thiophene rings is 1. The van der Waals surface area contributed by atoms with E-state index in [1.807, 2.05) is 35.9 Å². The zero-order valence-corrected chi connectivity index (χ0v) is 16.0. The first kappa shape index (κ1) is 17.8. The summed E-state index contributed by atoms with van der Waals surface area (Å²) < 4.78 is 28.7. The van der Waals surface area contributed by atoms with Gasteiger partial charge in [-0.3, -0.25) is 4.79 Å². The lowest BCUT2D eigenvalue weighted by Gasteiger charge is -2.14. The standard InChI is InChI=1S/C15H16N4O3S3/c1-18(25(21,22)14-8-5-9-23-14)10-13(20)16-17-15-19(2)11-6-3-4-7-12(11)24-15/h3-9H,10H2,1-2H3,(H,16,20)/b17-15-. The van der Waals surface area contributed by atoms with Gasteiger partial charge in [0.25, 0.3) is 15.9 Å². The number of hydrogen-bond acceptors (Lipinski definition) is 6. The number of aromatic nitrogens is 1. The molecule has 0 atom stereocenters. The molecule has 0 radical (unpaired) electrons. The van der Waals surface area contributed by atoms with Crippen molar-refractivity contribution in [3.63, 3.8) is 0 Å². The Morgan fingerprint density at radius 2 is 2.04 bits per heavy atom. The number of aryl methyl sites for hydroxylation is 1. The van der Waals surface area contributed by atoms with Gasteiger partial charge >= 0.3 is 0 Å². The van der Waals surface area contributed by atoms with Crippen LogP contribution in [-0.4, -0.2) is 36.8 Å². The smallest absolute Gasteiger partial charge is 0.255 e. The molecule has 0 bridgehead atoms. The quantitative estimate of drug-likeness (QED) is 0.664.